The average molecular weight is 295 g/mol. The second kappa shape index (κ2) is 9.56. The van der Waals surface area contributed by atoms with Crippen LogP contribution < -0.4 is 10.6 Å². The van der Waals surface area contributed by atoms with Crippen LogP contribution in [0, 0.1) is 11.7 Å². The lowest BCUT2D eigenvalue weighted by atomic mass is 9.98. The first-order valence-corrected chi connectivity index (χ1v) is 6.00. The molecule has 1 saturated heterocycles. The van der Waals surface area contributed by atoms with E-state index in [9.17, 15) is 4.39 Å². The molecule has 1 fully saturated rings. The van der Waals surface area contributed by atoms with Crippen LogP contribution in [0.2, 0.25) is 0 Å². The first-order valence-electron chi connectivity index (χ1n) is 6.00. The van der Waals surface area contributed by atoms with Crippen LogP contribution in [0.4, 0.5) is 4.39 Å². The van der Waals surface area contributed by atoms with Crippen molar-refractivity contribution in [1.29, 1.82) is 0 Å². The minimum absolute atomic E-state index is 0. The van der Waals surface area contributed by atoms with Crippen LogP contribution >= 0.6 is 24.8 Å². The summed E-state index contributed by atoms with van der Waals surface area (Å²) in [6.45, 7) is 4.19. The topological polar surface area (TPSA) is 24.1 Å². The van der Waals surface area contributed by atoms with Crippen LogP contribution in [0.1, 0.15) is 18.4 Å². The highest BCUT2D eigenvalue weighted by molar-refractivity contribution is 5.85. The lowest BCUT2D eigenvalue weighted by Gasteiger charge is -2.22. The molecule has 0 atom stereocenters. The maximum atomic E-state index is 12.7. The van der Waals surface area contributed by atoms with E-state index < -0.39 is 0 Å². The molecule has 1 heterocycles. The maximum absolute atomic E-state index is 12.7. The zero-order valence-corrected chi connectivity index (χ0v) is 12.0. The molecule has 0 amide bonds. The van der Waals surface area contributed by atoms with Gasteiger partial charge in [-0.2, -0.15) is 0 Å². The monoisotopic (exact) mass is 294 g/mol. The molecule has 2 nitrogen and oxygen atoms in total. The van der Waals surface area contributed by atoms with Gasteiger partial charge in [0, 0.05) is 6.54 Å². The molecular weight excluding hydrogens is 274 g/mol. The normalized spacial score (nSPS) is 15.6. The standard InChI is InChI=1S/C13H19FN2.2ClH/c14-13-3-1-11(2-4-13)9-16-10-12-5-7-15-8-6-12;;/h1-4,12,15-16H,5-10H2;2*1H. The van der Waals surface area contributed by atoms with Gasteiger partial charge in [-0.25, -0.2) is 4.39 Å². The van der Waals surface area contributed by atoms with Gasteiger partial charge in [0.25, 0.3) is 0 Å². The number of piperidine rings is 1. The lowest BCUT2D eigenvalue weighted by Crippen LogP contribution is -2.33. The van der Waals surface area contributed by atoms with Crippen molar-refractivity contribution < 1.29 is 4.39 Å². The van der Waals surface area contributed by atoms with Crippen LogP contribution in [0.15, 0.2) is 24.3 Å². The highest BCUT2D eigenvalue weighted by Gasteiger charge is 2.11. The van der Waals surface area contributed by atoms with Gasteiger partial charge in [-0.15, -0.1) is 24.8 Å². The molecule has 0 unspecified atom stereocenters. The van der Waals surface area contributed by atoms with E-state index in [1.54, 1.807) is 0 Å². The Morgan fingerprint density at radius 3 is 2.33 bits per heavy atom. The Labute approximate surface area is 121 Å². The predicted molar refractivity (Wildman–Crippen MR) is 78.2 cm³/mol. The summed E-state index contributed by atoms with van der Waals surface area (Å²) >= 11 is 0. The molecule has 0 saturated carbocycles. The number of hydrogen-bond acceptors (Lipinski definition) is 2. The molecule has 18 heavy (non-hydrogen) atoms. The molecule has 2 rings (SSSR count). The zero-order chi connectivity index (χ0) is 11.2. The summed E-state index contributed by atoms with van der Waals surface area (Å²) in [6.07, 6.45) is 2.52. The summed E-state index contributed by atoms with van der Waals surface area (Å²) in [5.41, 5.74) is 1.15. The first kappa shape index (κ1) is 17.6. The summed E-state index contributed by atoms with van der Waals surface area (Å²) in [6, 6.07) is 6.71. The molecular formula is C13H21Cl2FN2. The Bertz CT molecular complexity index is 313. The van der Waals surface area contributed by atoms with E-state index in [-0.39, 0.29) is 30.6 Å². The van der Waals surface area contributed by atoms with E-state index in [2.05, 4.69) is 10.6 Å². The summed E-state index contributed by atoms with van der Waals surface area (Å²) < 4.78 is 12.7. The Hall–Kier alpha value is -0.350. The number of halogens is 3. The number of hydrogen-bond donors (Lipinski definition) is 2. The minimum Gasteiger partial charge on any atom is -0.317 e. The third kappa shape index (κ3) is 6.01. The highest BCUT2D eigenvalue weighted by atomic mass is 35.5. The van der Waals surface area contributed by atoms with Crippen LogP contribution in [0.5, 0.6) is 0 Å². The number of benzene rings is 1. The van der Waals surface area contributed by atoms with Crippen LogP contribution in [0.3, 0.4) is 0 Å². The van der Waals surface area contributed by atoms with Crippen molar-refractivity contribution >= 4 is 24.8 Å². The Balaban J connectivity index is 0.00000144. The van der Waals surface area contributed by atoms with E-state index in [0.29, 0.717) is 0 Å². The Kier molecular flexibility index (Phi) is 9.38. The van der Waals surface area contributed by atoms with Crippen LogP contribution in [-0.4, -0.2) is 19.6 Å². The predicted octanol–water partition coefficient (Wildman–Crippen LogP) is 2.76. The average Bonchev–Trinajstić information content (AvgIpc) is 2.33. The highest BCUT2D eigenvalue weighted by Crippen LogP contribution is 2.10. The van der Waals surface area contributed by atoms with Gasteiger partial charge in [-0.3, -0.25) is 0 Å². The summed E-state index contributed by atoms with van der Waals surface area (Å²) in [4.78, 5) is 0. The molecule has 1 aliphatic rings. The molecule has 104 valence electrons. The third-order valence-corrected chi connectivity index (χ3v) is 3.13. The van der Waals surface area contributed by atoms with E-state index >= 15 is 0 Å². The Morgan fingerprint density at radius 2 is 1.72 bits per heavy atom. The summed E-state index contributed by atoms with van der Waals surface area (Å²) in [5, 5.41) is 6.80. The van der Waals surface area contributed by atoms with Gasteiger partial charge in [0.1, 0.15) is 5.82 Å². The largest absolute Gasteiger partial charge is 0.317 e. The number of rotatable bonds is 4. The second-order valence-corrected chi connectivity index (χ2v) is 4.45. The van der Waals surface area contributed by atoms with Crippen molar-refractivity contribution in [3.8, 4) is 0 Å². The van der Waals surface area contributed by atoms with Gasteiger partial charge in [0.15, 0.2) is 0 Å². The molecule has 0 bridgehead atoms. The summed E-state index contributed by atoms with van der Waals surface area (Å²) in [5.74, 6) is 0.629. The summed E-state index contributed by atoms with van der Waals surface area (Å²) in [7, 11) is 0. The van der Waals surface area contributed by atoms with Gasteiger partial charge in [0.05, 0.1) is 0 Å². The van der Waals surface area contributed by atoms with Crippen LogP contribution in [-0.2, 0) is 6.54 Å². The maximum Gasteiger partial charge on any atom is 0.123 e. The molecule has 0 aliphatic carbocycles. The minimum atomic E-state index is -0.165. The molecule has 0 spiro atoms. The smallest absolute Gasteiger partial charge is 0.123 e. The molecule has 5 heteroatoms. The van der Waals surface area contributed by atoms with E-state index in [4.69, 9.17) is 0 Å². The van der Waals surface area contributed by atoms with Gasteiger partial charge in [-0.05, 0) is 56.1 Å². The van der Waals surface area contributed by atoms with E-state index in [0.717, 1.165) is 37.7 Å². The SMILES string of the molecule is Cl.Cl.Fc1ccc(CNCC2CCNCC2)cc1. The fourth-order valence-corrected chi connectivity index (χ4v) is 2.11. The molecule has 1 aromatic carbocycles. The fourth-order valence-electron chi connectivity index (χ4n) is 2.11. The van der Waals surface area contributed by atoms with Gasteiger partial charge < -0.3 is 10.6 Å². The van der Waals surface area contributed by atoms with Crippen molar-refractivity contribution in [2.75, 3.05) is 19.6 Å². The van der Waals surface area contributed by atoms with Crippen molar-refractivity contribution in [1.82, 2.24) is 10.6 Å². The van der Waals surface area contributed by atoms with Gasteiger partial charge >= 0.3 is 0 Å². The van der Waals surface area contributed by atoms with Crippen molar-refractivity contribution in [3.05, 3.63) is 35.6 Å². The van der Waals surface area contributed by atoms with Crippen molar-refractivity contribution in [2.24, 2.45) is 5.92 Å². The van der Waals surface area contributed by atoms with E-state index in [1.807, 2.05) is 12.1 Å². The van der Waals surface area contributed by atoms with E-state index in [1.165, 1.54) is 25.0 Å². The van der Waals surface area contributed by atoms with Gasteiger partial charge in [0.2, 0.25) is 0 Å². The molecule has 1 aromatic rings. The van der Waals surface area contributed by atoms with Crippen molar-refractivity contribution in [2.45, 2.75) is 19.4 Å². The zero-order valence-electron chi connectivity index (χ0n) is 10.3. The van der Waals surface area contributed by atoms with Crippen LogP contribution in [0.25, 0.3) is 0 Å². The number of nitrogens with one attached hydrogen (secondary N) is 2. The molecule has 0 aromatic heterocycles. The molecule has 1 aliphatic heterocycles. The van der Waals surface area contributed by atoms with Gasteiger partial charge in [-0.1, -0.05) is 12.1 Å². The molecule has 2 N–H and O–H groups in total. The fraction of sp³-hybridized carbons (Fsp3) is 0.538. The van der Waals surface area contributed by atoms with Crippen molar-refractivity contribution in [3.63, 3.8) is 0 Å². The second-order valence-electron chi connectivity index (χ2n) is 4.45. The quantitative estimate of drug-likeness (QED) is 0.892. The third-order valence-electron chi connectivity index (χ3n) is 3.13. The lowest BCUT2D eigenvalue weighted by molar-refractivity contribution is 0.356. The first-order chi connectivity index (χ1) is 7.84. The molecule has 0 radical (unpaired) electrons. The Morgan fingerprint density at radius 1 is 1.11 bits per heavy atom.